The van der Waals surface area contributed by atoms with Gasteiger partial charge in [-0.05, 0) is 57.5 Å². The van der Waals surface area contributed by atoms with Crippen LogP contribution in [0.4, 0.5) is 11.4 Å². The highest BCUT2D eigenvalue weighted by Gasteiger charge is 2.33. The lowest BCUT2D eigenvalue weighted by Gasteiger charge is -2.22. The fourth-order valence-electron chi connectivity index (χ4n) is 2.53. The van der Waals surface area contributed by atoms with Crippen LogP contribution in [0.3, 0.4) is 0 Å². The van der Waals surface area contributed by atoms with E-state index < -0.39 is 23.4 Å². The molecular weight excluding hydrogens is 354 g/mol. The van der Waals surface area contributed by atoms with E-state index >= 15 is 0 Å². The van der Waals surface area contributed by atoms with Crippen LogP contribution in [0.2, 0.25) is 0 Å². The van der Waals surface area contributed by atoms with Gasteiger partial charge in [-0.3, -0.25) is 9.59 Å². The first kappa shape index (κ1) is 20.0. The molecule has 0 saturated carbocycles. The predicted molar refractivity (Wildman–Crippen MR) is 104 cm³/mol. The summed E-state index contributed by atoms with van der Waals surface area (Å²) in [6.07, 6.45) is 0.817. The molecule has 7 nitrogen and oxygen atoms in total. The second-order valence-electron chi connectivity index (χ2n) is 7.47. The maximum Gasteiger partial charge on any atom is 0.319 e. The number of aryl methyl sites for hydroxylation is 1. The van der Waals surface area contributed by atoms with E-state index in [-0.39, 0.29) is 5.75 Å². The molecule has 1 unspecified atom stereocenters. The van der Waals surface area contributed by atoms with E-state index in [1.54, 1.807) is 45.8 Å². The highest BCUT2D eigenvalue weighted by Crippen LogP contribution is 2.34. The maximum absolute atomic E-state index is 12.4. The van der Waals surface area contributed by atoms with Crippen LogP contribution in [-0.4, -0.2) is 46.7 Å². The Labute approximate surface area is 158 Å². The Morgan fingerprint density at radius 1 is 1.38 bits per heavy atom. The number of carbonyl (C=O) groups is 2. The minimum atomic E-state index is -0.886. The number of phenolic OH excluding ortho intramolecular Hbond substituents is 1. The van der Waals surface area contributed by atoms with Crippen LogP contribution in [0, 0.1) is 5.92 Å². The molecule has 3 N–H and O–H groups in total. The van der Waals surface area contributed by atoms with Crippen molar-refractivity contribution in [2.24, 2.45) is 5.92 Å². The Kier molecular flexibility index (Phi) is 5.75. The number of fused-ring (bicyclic) bond motifs is 1. The van der Waals surface area contributed by atoms with E-state index in [9.17, 15) is 14.7 Å². The third-order valence-electron chi connectivity index (χ3n) is 3.84. The van der Waals surface area contributed by atoms with Gasteiger partial charge >= 0.3 is 5.97 Å². The van der Waals surface area contributed by atoms with Crippen molar-refractivity contribution in [1.29, 1.82) is 0 Å². The van der Waals surface area contributed by atoms with E-state index in [1.165, 1.54) is 6.07 Å². The summed E-state index contributed by atoms with van der Waals surface area (Å²) in [5.41, 5.74) is 1.09. The number of esters is 1. The van der Waals surface area contributed by atoms with Gasteiger partial charge in [-0.1, -0.05) is 0 Å². The smallest absolute Gasteiger partial charge is 0.319 e. The lowest BCUT2D eigenvalue weighted by Crippen LogP contribution is -2.35. The molecule has 0 aromatic heterocycles. The molecule has 0 fully saturated rings. The number of thiocarbonyl (C=S) groups is 1. The molecule has 1 aromatic rings. The number of nitrogens with one attached hydrogen (secondary N) is 2. The van der Waals surface area contributed by atoms with E-state index in [0.29, 0.717) is 29.3 Å². The van der Waals surface area contributed by atoms with Crippen LogP contribution in [0.1, 0.15) is 32.8 Å². The van der Waals surface area contributed by atoms with Crippen LogP contribution in [-0.2, 0) is 20.7 Å². The lowest BCUT2D eigenvalue weighted by molar-refractivity contribution is -0.161. The molecule has 1 aromatic carbocycles. The van der Waals surface area contributed by atoms with E-state index in [0.717, 1.165) is 5.56 Å². The molecule has 0 saturated heterocycles. The molecule has 1 amide bonds. The van der Waals surface area contributed by atoms with Crippen molar-refractivity contribution in [3.8, 4) is 5.75 Å². The average Bonchev–Trinajstić information content (AvgIpc) is 2.64. The Morgan fingerprint density at radius 3 is 2.62 bits per heavy atom. The molecule has 2 rings (SSSR count). The number of ether oxygens (including phenoxy) is 1. The minimum Gasteiger partial charge on any atom is -0.506 e. The SMILES string of the molecule is CN(C)C(=S)Nc1cc2c(cc1O)NC(=O)C(C(=O)OC(C)(C)C)CC2. The van der Waals surface area contributed by atoms with E-state index in [4.69, 9.17) is 17.0 Å². The highest BCUT2D eigenvalue weighted by molar-refractivity contribution is 7.80. The van der Waals surface area contributed by atoms with Gasteiger partial charge in [0.1, 0.15) is 17.3 Å². The summed E-state index contributed by atoms with van der Waals surface area (Å²) in [6, 6.07) is 3.20. The number of amides is 1. The molecule has 26 heavy (non-hydrogen) atoms. The van der Waals surface area contributed by atoms with E-state index in [1.807, 2.05) is 0 Å². The molecule has 142 valence electrons. The number of carbonyl (C=O) groups excluding carboxylic acids is 2. The van der Waals surface area contributed by atoms with E-state index in [2.05, 4.69) is 10.6 Å². The summed E-state index contributed by atoms with van der Waals surface area (Å²) in [7, 11) is 3.59. The Balaban J connectivity index is 2.23. The zero-order chi connectivity index (χ0) is 19.6. The normalized spacial score (nSPS) is 16.8. The fraction of sp³-hybridized carbons (Fsp3) is 0.500. The largest absolute Gasteiger partial charge is 0.506 e. The third-order valence-corrected chi connectivity index (χ3v) is 4.30. The van der Waals surface area contributed by atoms with Gasteiger partial charge in [-0.15, -0.1) is 0 Å². The van der Waals surface area contributed by atoms with Gasteiger partial charge in [0.2, 0.25) is 5.91 Å². The summed E-state index contributed by atoms with van der Waals surface area (Å²) in [4.78, 5) is 26.5. The van der Waals surface area contributed by atoms with Crippen molar-refractivity contribution in [2.45, 2.75) is 39.2 Å². The first-order valence-corrected chi connectivity index (χ1v) is 8.76. The molecule has 0 spiro atoms. The summed E-state index contributed by atoms with van der Waals surface area (Å²) < 4.78 is 5.34. The number of benzene rings is 1. The minimum absolute atomic E-state index is 0.0380. The van der Waals surface area contributed by atoms with Crippen molar-refractivity contribution < 1.29 is 19.4 Å². The first-order chi connectivity index (χ1) is 12.0. The number of hydrogen-bond donors (Lipinski definition) is 3. The number of anilines is 2. The Hall–Kier alpha value is -2.35. The lowest BCUT2D eigenvalue weighted by atomic mass is 9.99. The third kappa shape index (κ3) is 4.85. The standard InChI is InChI=1S/C18H25N3O4S/c1-18(2,3)25-16(24)11-7-6-10-8-13(20-17(26)21(4)5)14(22)9-12(10)19-15(11)23/h8-9,11,22H,6-7H2,1-5H3,(H,19,23)(H,20,26). The second-order valence-corrected chi connectivity index (χ2v) is 7.85. The average molecular weight is 379 g/mol. The Morgan fingerprint density at radius 2 is 2.04 bits per heavy atom. The van der Waals surface area contributed by atoms with Crippen LogP contribution in [0.25, 0.3) is 0 Å². The highest BCUT2D eigenvalue weighted by atomic mass is 32.1. The summed E-state index contributed by atoms with van der Waals surface area (Å²) in [5, 5.41) is 16.3. The monoisotopic (exact) mass is 379 g/mol. The number of rotatable bonds is 2. The van der Waals surface area contributed by atoms with Crippen molar-refractivity contribution in [3.63, 3.8) is 0 Å². The van der Waals surface area contributed by atoms with Crippen molar-refractivity contribution >= 4 is 40.6 Å². The predicted octanol–water partition coefficient (Wildman–Crippen LogP) is 2.49. The van der Waals surface area contributed by atoms with Gasteiger partial charge in [0.05, 0.1) is 5.69 Å². The second kappa shape index (κ2) is 7.49. The number of nitrogens with zero attached hydrogens (tertiary/aromatic N) is 1. The van der Waals surface area contributed by atoms with Crippen LogP contribution < -0.4 is 10.6 Å². The number of aromatic hydroxyl groups is 1. The fourth-order valence-corrected chi connectivity index (χ4v) is 2.64. The quantitative estimate of drug-likeness (QED) is 0.315. The van der Waals surface area contributed by atoms with Gasteiger partial charge in [0, 0.05) is 25.8 Å². The maximum atomic E-state index is 12.4. The molecule has 0 aliphatic carbocycles. The molecule has 1 aliphatic heterocycles. The molecule has 0 radical (unpaired) electrons. The molecular formula is C18H25N3O4S. The topological polar surface area (TPSA) is 90.9 Å². The van der Waals surface area contributed by atoms with Gasteiger partial charge < -0.3 is 25.4 Å². The molecule has 0 bridgehead atoms. The first-order valence-electron chi connectivity index (χ1n) is 8.36. The van der Waals surface area contributed by atoms with Crippen LogP contribution in [0.15, 0.2) is 12.1 Å². The van der Waals surface area contributed by atoms with Crippen LogP contribution >= 0.6 is 12.2 Å². The molecule has 1 aliphatic rings. The molecule has 8 heteroatoms. The zero-order valence-electron chi connectivity index (χ0n) is 15.7. The van der Waals surface area contributed by atoms with Crippen molar-refractivity contribution in [3.05, 3.63) is 17.7 Å². The van der Waals surface area contributed by atoms with Crippen molar-refractivity contribution in [2.75, 3.05) is 24.7 Å². The number of hydrogen-bond acceptors (Lipinski definition) is 5. The van der Waals surface area contributed by atoms with Gasteiger partial charge in [0.25, 0.3) is 0 Å². The summed E-state index contributed by atoms with van der Waals surface area (Å²) in [6.45, 7) is 5.29. The Bertz CT molecular complexity index is 741. The molecule has 1 atom stereocenters. The van der Waals surface area contributed by atoms with Gasteiger partial charge in [-0.2, -0.15) is 0 Å². The van der Waals surface area contributed by atoms with Crippen molar-refractivity contribution in [1.82, 2.24) is 4.90 Å². The summed E-state index contributed by atoms with van der Waals surface area (Å²) in [5.74, 6) is -1.90. The van der Waals surface area contributed by atoms with Gasteiger partial charge in [0.15, 0.2) is 5.11 Å². The number of phenols is 1. The summed E-state index contributed by atoms with van der Waals surface area (Å²) >= 11 is 5.20. The van der Waals surface area contributed by atoms with Gasteiger partial charge in [-0.25, -0.2) is 0 Å². The van der Waals surface area contributed by atoms with Crippen LogP contribution in [0.5, 0.6) is 5.75 Å². The molecule has 1 heterocycles. The zero-order valence-corrected chi connectivity index (χ0v) is 16.5.